The van der Waals surface area contributed by atoms with Crippen molar-refractivity contribution in [3.8, 4) is 0 Å². The van der Waals surface area contributed by atoms with Gasteiger partial charge in [-0.2, -0.15) is 0 Å². The molecular weight excluding hydrogens is 328 g/mol. The number of rotatable bonds is 7. The van der Waals surface area contributed by atoms with Crippen LogP contribution in [0.25, 0.3) is 0 Å². The summed E-state index contributed by atoms with van der Waals surface area (Å²) < 4.78 is 7.11. The first-order valence-electron chi connectivity index (χ1n) is 7.92. The van der Waals surface area contributed by atoms with Crippen LogP contribution in [0.5, 0.6) is 0 Å². The second-order valence-corrected chi connectivity index (χ2v) is 6.55. The van der Waals surface area contributed by atoms with E-state index in [0.29, 0.717) is 18.2 Å². The van der Waals surface area contributed by atoms with Crippen molar-refractivity contribution in [2.24, 2.45) is 0 Å². The van der Waals surface area contributed by atoms with E-state index in [4.69, 9.17) is 4.74 Å². The summed E-state index contributed by atoms with van der Waals surface area (Å²) >= 11 is 1.25. The largest absolute Gasteiger partial charge is 0.376 e. The van der Waals surface area contributed by atoms with Crippen molar-refractivity contribution in [2.75, 3.05) is 12.4 Å². The van der Waals surface area contributed by atoms with Gasteiger partial charge in [0.2, 0.25) is 5.91 Å². The molecule has 128 valence electrons. The molecule has 0 aliphatic carbocycles. The molecule has 1 unspecified atom stereocenters. The molecule has 1 aromatic heterocycles. The average Bonchev–Trinajstić information content (AvgIpc) is 3.24. The Morgan fingerprint density at radius 2 is 2.25 bits per heavy atom. The third kappa shape index (κ3) is 4.48. The maximum Gasteiger partial charge on any atom is 0.344 e. The number of nitrogens with zero attached hydrogens (tertiary/aromatic N) is 2. The fourth-order valence-electron chi connectivity index (χ4n) is 2.54. The predicted octanol–water partition coefficient (Wildman–Crippen LogP) is 1.16. The van der Waals surface area contributed by atoms with E-state index in [0.717, 1.165) is 25.0 Å². The molecule has 7 nitrogen and oxygen atoms in total. The van der Waals surface area contributed by atoms with Gasteiger partial charge in [0.15, 0.2) is 5.16 Å². The molecule has 1 aliphatic heterocycles. The molecular formula is C16H20N4O3S. The third-order valence-corrected chi connectivity index (χ3v) is 4.77. The van der Waals surface area contributed by atoms with Crippen molar-refractivity contribution >= 4 is 17.7 Å². The number of ether oxygens (including phenoxy) is 1. The van der Waals surface area contributed by atoms with Gasteiger partial charge in [-0.1, -0.05) is 42.1 Å². The van der Waals surface area contributed by atoms with Crippen LogP contribution in [0.15, 0.2) is 40.3 Å². The molecule has 1 amide bonds. The molecule has 0 radical (unpaired) electrons. The predicted molar refractivity (Wildman–Crippen MR) is 90.8 cm³/mol. The molecule has 24 heavy (non-hydrogen) atoms. The molecule has 3 rings (SSSR count). The number of thioether (sulfide) groups is 1. The van der Waals surface area contributed by atoms with E-state index in [1.165, 1.54) is 11.8 Å². The highest BCUT2D eigenvalue weighted by Gasteiger charge is 2.20. The minimum atomic E-state index is -0.266. The van der Waals surface area contributed by atoms with Crippen LogP contribution in [0, 0.1) is 0 Å². The molecule has 0 spiro atoms. The summed E-state index contributed by atoms with van der Waals surface area (Å²) in [5.74, 6) is 0.116. The lowest BCUT2D eigenvalue weighted by molar-refractivity contribution is -0.118. The number of hydrogen-bond acceptors (Lipinski definition) is 5. The van der Waals surface area contributed by atoms with Crippen LogP contribution in [0.3, 0.4) is 0 Å². The first-order valence-corrected chi connectivity index (χ1v) is 8.91. The molecule has 2 aromatic rings. The van der Waals surface area contributed by atoms with Gasteiger partial charge in [0.25, 0.3) is 0 Å². The monoisotopic (exact) mass is 348 g/mol. The number of aromatic amines is 1. The van der Waals surface area contributed by atoms with Gasteiger partial charge in [-0.05, 0) is 18.4 Å². The van der Waals surface area contributed by atoms with Crippen LogP contribution in [0.2, 0.25) is 0 Å². The first kappa shape index (κ1) is 16.8. The summed E-state index contributed by atoms with van der Waals surface area (Å²) in [6.45, 7) is 1.70. The van der Waals surface area contributed by atoms with Crippen molar-refractivity contribution in [3.05, 3.63) is 46.4 Å². The van der Waals surface area contributed by atoms with Crippen LogP contribution in [-0.4, -0.2) is 39.1 Å². The molecule has 2 N–H and O–H groups in total. The minimum Gasteiger partial charge on any atom is -0.376 e. The van der Waals surface area contributed by atoms with E-state index in [2.05, 4.69) is 15.5 Å². The van der Waals surface area contributed by atoms with Crippen molar-refractivity contribution in [1.82, 2.24) is 20.1 Å². The Morgan fingerprint density at radius 1 is 1.42 bits per heavy atom. The van der Waals surface area contributed by atoms with Crippen LogP contribution in [0.1, 0.15) is 18.4 Å². The molecule has 1 aromatic carbocycles. The number of amides is 1. The molecule has 1 atom stereocenters. The Labute approximate surface area is 143 Å². The Morgan fingerprint density at radius 3 is 3.00 bits per heavy atom. The number of H-pyrrole nitrogens is 1. The number of nitrogens with one attached hydrogen (secondary N) is 2. The normalized spacial score (nSPS) is 17.1. The highest BCUT2D eigenvalue weighted by Crippen LogP contribution is 2.17. The summed E-state index contributed by atoms with van der Waals surface area (Å²) in [7, 11) is 0. The van der Waals surface area contributed by atoms with E-state index >= 15 is 0 Å². The van der Waals surface area contributed by atoms with Crippen LogP contribution < -0.4 is 11.0 Å². The summed E-state index contributed by atoms with van der Waals surface area (Å²) in [6.07, 6.45) is 2.01. The number of carbonyl (C=O) groups excluding carboxylic acids is 1. The summed E-state index contributed by atoms with van der Waals surface area (Å²) in [5.41, 5.74) is 0.781. The Hall–Kier alpha value is -2.06. The fraction of sp³-hybridized carbons (Fsp3) is 0.438. The van der Waals surface area contributed by atoms with Crippen molar-refractivity contribution < 1.29 is 9.53 Å². The van der Waals surface area contributed by atoms with Gasteiger partial charge in [-0.15, -0.1) is 5.10 Å². The maximum absolute atomic E-state index is 12.0. The summed E-state index contributed by atoms with van der Waals surface area (Å²) in [6, 6.07) is 9.72. The SMILES string of the molecule is O=C(CSc1n[nH]c(=O)n1CC1CCCO1)NCc1ccccc1. The zero-order valence-electron chi connectivity index (χ0n) is 13.2. The molecule has 0 saturated carbocycles. The molecule has 1 aliphatic rings. The quantitative estimate of drug-likeness (QED) is 0.733. The Bertz CT molecular complexity index is 722. The summed E-state index contributed by atoms with van der Waals surface area (Å²) in [5, 5.41) is 9.82. The van der Waals surface area contributed by atoms with E-state index in [1.54, 1.807) is 4.57 Å². The van der Waals surface area contributed by atoms with Crippen LogP contribution >= 0.6 is 11.8 Å². The van der Waals surface area contributed by atoms with Gasteiger partial charge >= 0.3 is 5.69 Å². The zero-order valence-corrected chi connectivity index (χ0v) is 14.1. The van der Waals surface area contributed by atoms with Gasteiger partial charge in [-0.25, -0.2) is 9.89 Å². The first-order chi connectivity index (χ1) is 11.7. The molecule has 8 heteroatoms. The van der Waals surface area contributed by atoms with E-state index in [9.17, 15) is 9.59 Å². The van der Waals surface area contributed by atoms with E-state index in [1.807, 2.05) is 30.3 Å². The second-order valence-electron chi connectivity index (χ2n) is 5.61. The Kier molecular flexibility index (Phi) is 5.71. The molecule has 1 fully saturated rings. The lowest BCUT2D eigenvalue weighted by Gasteiger charge is -2.11. The van der Waals surface area contributed by atoms with Gasteiger partial charge in [-0.3, -0.25) is 9.36 Å². The minimum absolute atomic E-state index is 0.0477. The van der Waals surface area contributed by atoms with Gasteiger partial charge in [0, 0.05) is 13.2 Å². The number of carbonyl (C=O) groups is 1. The summed E-state index contributed by atoms with van der Waals surface area (Å²) in [4.78, 5) is 23.8. The van der Waals surface area contributed by atoms with Crippen molar-refractivity contribution in [2.45, 2.75) is 37.2 Å². The highest BCUT2D eigenvalue weighted by molar-refractivity contribution is 7.99. The number of benzene rings is 1. The van der Waals surface area contributed by atoms with Gasteiger partial charge in [0.1, 0.15) is 0 Å². The zero-order chi connectivity index (χ0) is 16.8. The Balaban J connectivity index is 1.50. The lowest BCUT2D eigenvalue weighted by Crippen LogP contribution is -2.26. The average molecular weight is 348 g/mol. The maximum atomic E-state index is 12.0. The highest BCUT2D eigenvalue weighted by atomic mass is 32.2. The lowest BCUT2D eigenvalue weighted by atomic mass is 10.2. The second kappa shape index (κ2) is 8.16. The standard InChI is InChI=1S/C16H20N4O3S/c21-14(17-9-12-5-2-1-3-6-12)11-24-16-19-18-15(22)20(16)10-13-7-4-8-23-13/h1-3,5-6,13H,4,7-11H2,(H,17,21)(H,18,22). The fourth-order valence-corrected chi connectivity index (χ4v) is 3.33. The van der Waals surface area contributed by atoms with E-state index < -0.39 is 0 Å². The van der Waals surface area contributed by atoms with Crippen molar-refractivity contribution in [1.29, 1.82) is 0 Å². The van der Waals surface area contributed by atoms with Gasteiger partial charge < -0.3 is 10.1 Å². The van der Waals surface area contributed by atoms with Gasteiger partial charge in [0.05, 0.1) is 18.4 Å². The number of hydrogen-bond donors (Lipinski definition) is 2. The van der Waals surface area contributed by atoms with Crippen LogP contribution in [0.4, 0.5) is 0 Å². The van der Waals surface area contributed by atoms with Crippen LogP contribution in [-0.2, 0) is 22.6 Å². The molecule has 2 heterocycles. The van der Waals surface area contributed by atoms with E-state index in [-0.39, 0.29) is 23.5 Å². The topological polar surface area (TPSA) is 89.0 Å². The molecule has 1 saturated heterocycles. The number of aromatic nitrogens is 3. The smallest absolute Gasteiger partial charge is 0.344 e. The molecule has 0 bridgehead atoms. The third-order valence-electron chi connectivity index (χ3n) is 3.80. The van der Waals surface area contributed by atoms with Crippen molar-refractivity contribution in [3.63, 3.8) is 0 Å².